The zero-order valence-corrected chi connectivity index (χ0v) is 15.2. The number of hydrogen-bond donors (Lipinski definition) is 2. The van der Waals surface area contributed by atoms with E-state index >= 15 is 0 Å². The van der Waals surface area contributed by atoms with E-state index in [1.807, 2.05) is 25.1 Å². The number of methoxy groups -OCH3 is 4. The van der Waals surface area contributed by atoms with E-state index in [-0.39, 0.29) is 0 Å². The fraction of sp³-hybridized carbons (Fsp3) is 0.412. The van der Waals surface area contributed by atoms with Gasteiger partial charge in [0.1, 0.15) is 5.82 Å². The predicted molar refractivity (Wildman–Crippen MR) is 96.5 cm³/mol. The first-order valence-electron chi connectivity index (χ1n) is 7.76. The highest BCUT2D eigenvalue weighted by atomic mass is 16.5. The molecule has 25 heavy (non-hydrogen) atoms. The van der Waals surface area contributed by atoms with Gasteiger partial charge in [0.05, 0.1) is 27.9 Å². The maximum atomic E-state index is 5.37. The summed E-state index contributed by atoms with van der Waals surface area (Å²) in [5, 5.41) is 6.36. The van der Waals surface area contributed by atoms with E-state index in [4.69, 9.17) is 18.9 Å². The lowest BCUT2D eigenvalue weighted by Gasteiger charge is -2.15. The van der Waals surface area contributed by atoms with Gasteiger partial charge in [0, 0.05) is 43.2 Å². The smallest absolute Gasteiger partial charge is 0.224 e. The summed E-state index contributed by atoms with van der Waals surface area (Å²) in [6.45, 7) is 3.11. The minimum absolute atomic E-state index is 0.534. The van der Waals surface area contributed by atoms with Gasteiger partial charge in [0.25, 0.3) is 0 Å². The van der Waals surface area contributed by atoms with E-state index in [0.717, 1.165) is 11.4 Å². The summed E-state index contributed by atoms with van der Waals surface area (Å²) in [7, 11) is 6.37. The Morgan fingerprint density at radius 3 is 2.16 bits per heavy atom. The second-order valence-corrected chi connectivity index (χ2v) is 5.18. The van der Waals surface area contributed by atoms with E-state index in [0.29, 0.717) is 42.2 Å². The van der Waals surface area contributed by atoms with Crippen LogP contribution in [0.15, 0.2) is 18.2 Å². The first-order chi connectivity index (χ1) is 12.1. The van der Waals surface area contributed by atoms with E-state index in [1.165, 1.54) is 0 Å². The van der Waals surface area contributed by atoms with Crippen molar-refractivity contribution in [1.29, 1.82) is 0 Å². The Kier molecular flexibility index (Phi) is 6.64. The third-order valence-electron chi connectivity index (χ3n) is 3.38. The van der Waals surface area contributed by atoms with Gasteiger partial charge < -0.3 is 29.6 Å². The topological polar surface area (TPSA) is 86.8 Å². The number of nitrogens with zero attached hydrogens (tertiary/aromatic N) is 2. The Labute approximate surface area is 147 Å². The van der Waals surface area contributed by atoms with Gasteiger partial charge in [-0.05, 0) is 6.92 Å². The molecule has 8 nitrogen and oxygen atoms in total. The Morgan fingerprint density at radius 2 is 1.60 bits per heavy atom. The van der Waals surface area contributed by atoms with E-state index < -0.39 is 0 Å². The maximum Gasteiger partial charge on any atom is 0.224 e. The second-order valence-electron chi connectivity index (χ2n) is 5.18. The van der Waals surface area contributed by atoms with Crippen LogP contribution in [0.4, 0.5) is 17.5 Å². The Hall–Kier alpha value is -2.74. The fourth-order valence-corrected chi connectivity index (χ4v) is 2.28. The molecular formula is C17H24N4O4. The highest BCUT2D eigenvalue weighted by Crippen LogP contribution is 2.40. The maximum absolute atomic E-state index is 5.37. The molecule has 0 aliphatic heterocycles. The molecule has 0 aliphatic carbocycles. The van der Waals surface area contributed by atoms with Gasteiger partial charge in [-0.15, -0.1) is 0 Å². The molecule has 0 atom stereocenters. The molecule has 2 aromatic rings. The third kappa shape index (κ3) is 4.87. The summed E-state index contributed by atoms with van der Waals surface area (Å²) in [6, 6.07) is 5.48. The molecule has 8 heteroatoms. The van der Waals surface area contributed by atoms with Crippen LogP contribution in [0.2, 0.25) is 0 Å². The number of aryl methyl sites for hydroxylation is 1. The quantitative estimate of drug-likeness (QED) is 0.669. The average Bonchev–Trinajstić information content (AvgIpc) is 2.60. The van der Waals surface area contributed by atoms with Crippen molar-refractivity contribution in [1.82, 2.24) is 9.97 Å². The predicted octanol–water partition coefficient (Wildman–Crippen LogP) is 2.61. The minimum Gasteiger partial charge on any atom is -0.493 e. The molecule has 0 unspecified atom stereocenters. The Balaban J connectivity index is 2.26. The van der Waals surface area contributed by atoms with E-state index in [2.05, 4.69) is 20.6 Å². The number of rotatable bonds is 9. The van der Waals surface area contributed by atoms with Crippen molar-refractivity contribution in [2.75, 3.05) is 52.2 Å². The first-order valence-corrected chi connectivity index (χ1v) is 7.76. The number of ether oxygens (including phenoxy) is 4. The number of benzene rings is 1. The number of hydrogen-bond acceptors (Lipinski definition) is 8. The monoisotopic (exact) mass is 348 g/mol. The molecule has 0 spiro atoms. The van der Waals surface area contributed by atoms with Crippen molar-refractivity contribution < 1.29 is 18.9 Å². The van der Waals surface area contributed by atoms with Crippen molar-refractivity contribution in [2.45, 2.75) is 6.92 Å². The van der Waals surface area contributed by atoms with Gasteiger partial charge in [-0.1, -0.05) is 0 Å². The molecule has 136 valence electrons. The van der Waals surface area contributed by atoms with Crippen LogP contribution in [-0.2, 0) is 4.74 Å². The van der Waals surface area contributed by atoms with Gasteiger partial charge in [0.15, 0.2) is 11.5 Å². The lowest BCUT2D eigenvalue weighted by atomic mass is 10.2. The molecule has 0 amide bonds. The van der Waals surface area contributed by atoms with Crippen LogP contribution < -0.4 is 24.8 Å². The second kappa shape index (κ2) is 8.93. The summed E-state index contributed by atoms with van der Waals surface area (Å²) < 4.78 is 21.1. The summed E-state index contributed by atoms with van der Waals surface area (Å²) >= 11 is 0. The van der Waals surface area contributed by atoms with Gasteiger partial charge >= 0.3 is 0 Å². The molecule has 0 radical (unpaired) electrons. The highest BCUT2D eigenvalue weighted by molar-refractivity contribution is 5.67. The van der Waals surface area contributed by atoms with Crippen LogP contribution in [0, 0.1) is 6.92 Å². The lowest BCUT2D eigenvalue weighted by Crippen LogP contribution is -2.11. The van der Waals surface area contributed by atoms with Crippen LogP contribution in [-0.4, -0.2) is 51.6 Å². The zero-order chi connectivity index (χ0) is 18.2. The Morgan fingerprint density at radius 1 is 0.920 bits per heavy atom. The van der Waals surface area contributed by atoms with Crippen LogP contribution in [0.5, 0.6) is 17.2 Å². The third-order valence-corrected chi connectivity index (χ3v) is 3.38. The molecular weight excluding hydrogens is 324 g/mol. The van der Waals surface area contributed by atoms with E-state index in [9.17, 15) is 0 Å². The van der Waals surface area contributed by atoms with E-state index in [1.54, 1.807) is 28.4 Å². The van der Waals surface area contributed by atoms with Crippen molar-refractivity contribution >= 4 is 17.5 Å². The van der Waals surface area contributed by atoms with Gasteiger partial charge in [-0.25, -0.2) is 4.98 Å². The Bertz CT molecular complexity index is 684. The van der Waals surface area contributed by atoms with Gasteiger partial charge in [0.2, 0.25) is 11.7 Å². The molecule has 0 saturated heterocycles. The summed E-state index contributed by atoms with van der Waals surface area (Å²) in [6.07, 6.45) is 0. The summed E-state index contributed by atoms with van der Waals surface area (Å²) in [5.41, 5.74) is 1.60. The SMILES string of the molecule is COCCNc1nc(C)cc(Nc2cc(OC)c(OC)c(OC)c2)n1. The van der Waals surface area contributed by atoms with Crippen LogP contribution in [0.25, 0.3) is 0 Å². The average molecular weight is 348 g/mol. The largest absolute Gasteiger partial charge is 0.493 e. The van der Waals surface area contributed by atoms with Crippen molar-refractivity contribution in [3.05, 3.63) is 23.9 Å². The number of anilines is 3. The molecule has 1 aromatic carbocycles. The number of nitrogens with one attached hydrogen (secondary N) is 2. The molecule has 1 heterocycles. The zero-order valence-electron chi connectivity index (χ0n) is 15.2. The fourth-order valence-electron chi connectivity index (χ4n) is 2.28. The van der Waals surface area contributed by atoms with Crippen LogP contribution >= 0.6 is 0 Å². The van der Waals surface area contributed by atoms with Crippen LogP contribution in [0.3, 0.4) is 0 Å². The van der Waals surface area contributed by atoms with Gasteiger partial charge in [-0.2, -0.15) is 4.98 Å². The van der Waals surface area contributed by atoms with Crippen molar-refractivity contribution in [3.63, 3.8) is 0 Å². The molecule has 0 saturated carbocycles. The normalized spacial score (nSPS) is 10.3. The molecule has 0 fully saturated rings. The first kappa shape index (κ1) is 18.6. The minimum atomic E-state index is 0.534. The molecule has 0 aliphatic rings. The molecule has 0 bridgehead atoms. The van der Waals surface area contributed by atoms with Crippen LogP contribution in [0.1, 0.15) is 5.69 Å². The number of aromatic nitrogens is 2. The summed E-state index contributed by atoms with van der Waals surface area (Å²) in [4.78, 5) is 8.81. The van der Waals surface area contributed by atoms with Crippen molar-refractivity contribution in [3.8, 4) is 17.2 Å². The van der Waals surface area contributed by atoms with Gasteiger partial charge in [-0.3, -0.25) is 0 Å². The standard InChI is InChI=1S/C17H24N4O4/c1-11-8-15(21-17(19-11)18-6-7-22-2)20-12-9-13(23-3)16(25-5)14(10-12)24-4/h8-10H,6-7H2,1-5H3,(H2,18,19,20,21). The molecule has 2 N–H and O–H groups in total. The molecule has 1 aromatic heterocycles. The highest BCUT2D eigenvalue weighted by Gasteiger charge is 2.14. The molecule has 2 rings (SSSR count). The summed E-state index contributed by atoms with van der Waals surface area (Å²) in [5.74, 6) is 2.85. The van der Waals surface area contributed by atoms with Crippen molar-refractivity contribution in [2.24, 2.45) is 0 Å². The lowest BCUT2D eigenvalue weighted by molar-refractivity contribution is 0.210.